The maximum Gasteiger partial charge on any atom is 0.316 e. The maximum atomic E-state index is 14.0. The van der Waals surface area contributed by atoms with Crippen molar-refractivity contribution in [3.8, 4) is 0 Å². The third-order valence-electron chi connectivity index (χ3n) is 9.66. The lowest BCUT2D eigenvalue weighted by Crippen LogP contribution is -2.75. The predicted molar refractivity (Wildman–Crippen MR) is 119 cm³/mol. The molecule has 2 saturated carbocycles. The molecule has 1 aromatic heterocycles. The smallest absolute Gasteiger partial charge is 0.316 e. The molecule has 0 radical (unpaired) electrons. The highest BCUT2D eigenvalue weighted by molar-refractivity contribution is 5.91. The molecule has 0 amide bonds. The Morgan fingerprint density at radius 1 is 1.06 bits per heavy atom. The largest absolute Gasteiger partial charge is 0.469 e. The van der Waals surface area contributed by atoms with Crippen LogP contribution in [-0.4, -0.2) is 54.2 Å². The summed E-state index contributed by atoms with van der Waals surface area (Å²) in [5, 5.41) is 0. The molecule has 5 rings (SSSR count). The number of ketones is 1. The second kappa shape index (κ2) is 7.18. The first-order valence-corrected chi connectivity index (χ1v) is 12.0. The first kappa shape index (κ1) is 24.0. The molecule has 0 bridgehead atoms. The molecular formula is C26H32O9. The number of hydrogen-bond acceptors (Lipinski definition) is 9. The summed E-state index contributed by atoms with van der Waals surface area (Å²) in [6.45, 7) is 9.96. The molecule has 190 valence electrons. The summed E-state index contributed by atoms with van der Waals surface area (Å²) in [6.07, 6.45) is -0.0233. The number of rotatable bonds is 3. The molecule has 2 heterocycles. The number of methoxy groups -OCH3 is 1. The van der Waals surface area contributed by atoms with Crippen molar-refractivity contribution in [1.29, 1.82) is 0 Å². The van der Waals surface area contributed by atoms with Crippen molar-refractivity contribution in [1.82, 2.24) is 0 Å². The first-order chi connectivity index (χ1) is 16.3. The molecule has 35 heavy (non-hydrogen) atoms. The Morgan fingerprint density at radius 2 is 1.71 bits per heavy atom. The Labute approximate surface area is 203 Å². The van der Waals surface area contributed by atoms with Gasteiger partial charge in [0.25, 0.3) is 0 Å². The Bertz CT molecular complexity index is 1140. The molecule has 0 aromatic carbocycles. The van der Waals surface area contributed by atoms with E-state index >= 15 is 0 Å². The number of carbonyl (C=O) groups is 4. The van der Waals surface area contributed by atoms with Crippen molar-refractivity contribution in [3.63, 3.8) is 0 Å². The third kappa shape index (κ3) is 2.62. The molecule has 3 fully saturated rings. The number of carbonyl (C=O) groups excluding carboxylic acids is 4. The lowest BCUT2D eigenvalue weighted by molar-refractivity contribution is -0.226. The summed E-state index contributed by atoms with van der Waals surface area (Å²) >= 11 is 0. The molecule has 9 heteroatoms. The van der Waals surface area contributed by atoms with Crippen LogP contribution in [0.15, 0.2) is 16.7 Å². The van der Waals surface area contributed by atoms with Crippen LogP contribution in [0.25, 0.3) is 0 Å². The summed E-state index contributed by atoms with van der Waals surface area (Å²) in [5.41, 5.74) is -3.87. The molecule has 1 saturated heterocycles. The fraction of sp³-hybridized carbons (Fsp3) is 0.692. The van der Waals surface area contributed by atoms with Gasteiger partial charge in [0.2, 0.25) is 0 Å². The minimum Gasteiger partial charge on any atom is -0.469 e. The van der Waals surface area contributed by atoms with Crippen LogP contribution in [0.3, 0.4) is 0 Å². The van der Waals surface area contributed by atoms with E-state index in [9.17, 15) is 19.2 Å². The Balaban J connectivity index is 1.83. The molecule has 1 aromatic rings. The van der Waals surface area contributed by atoms with E-state index in [4.69, 9.17) is 23.4 Å². The maximum absolute atomic E-state index is 14.0. The standard InChI is InChI=1S/C26H32O9/c1-12-10-18(29)24(5)16-11-17-15(8-9-32-17)23(4,22(30)31-7)19(16)20(33-13(2)27)21(34-14(3)28)26(24)25(12,6)35-26/h8-9,12,16,19-21H,10-11H2,1-7H3/t12-,16-,19-,20+,21-,23+,24-,25+,26-/m0/s1. The average molecular weight is 489 g/mol. The summed E-state index contributed by atoms with van der Waals surface area (Å²) in [7, 11) is 1.29. The highest BCUT2D eigenvalue weighted by Gasteiger charge is 2.90. The van der Waals surface area contributed by atoms with Crippen molar-refractivity contribution in [2.75, 3.05) is 7.11 Å². The quantitative estimate of drug-likeness (QED) is 0.359. The monoisotopic (exact) mass is 488 g/mol. The van der Waals surface area contributed by atoms with Gasteiger partial charge in [0.05, 0.1) is 18.8 Å². The lowest BCUT2D eigenvalue weighted by Gasteiger charge is -2.61. The summed E-state index contributed by atoms with van der Waals surface area (Å²) in [4.78, 5) is 52.3. The second-order valence-corrected chi connectivity index (χ2v) is 11.1. The fourth-order valence-electron chi connectivity index (χ4n) is 7.93. The number of epoxide rings is 1. The molecule has 1 aliphatic heterocycles. The van der Waals surface area contributed by atoms with Gasteiger partial charge >= 0.3 is 17.9 Å². The topological polar surface area (TPSA) is 122 Å². The normalized spacial score (nSPS) is 45.2. The lowest BCUT2D eigenvalue weighted by atomic mass is 9.41. The van der Waals surface area contributed by atoms with E-state index in [1.807, 2.05) is 20.8 Å². The second-order valence-electron chi connectivity index (χ2n) is 11.1. The van der Waals surface area contributed by atoms with Crippen LogP contribution in [0.1, 0.15) is 59.3 Å². The predicted octanol–water partition coefficient (Wildman–Crippen LogP) is 2.52. The van der Waals surface area contributed by atoms with Crippen molar-refractivity contribution in [2.24, 2.45) is 23.2 Å². The van der Waals surface area contributed by atoms with Gasteiger partial charge in [0.1, 0.15) is 28.7 Å². The van der Waals surface area contributed by atoms with Crippen LogP contribution in [0.5, 0.6) is 0 Å². The van der Waals surface area contributed by atoms with Crippen LogP contribution in [0.2, 0.25) is 0 Å². The fourth-order valence-corrected chi connectivity index (χ4v) is 7.93. The van der Waals surface area contributed by atoms with Crippen molar-refractivity contribution in [2.45, 2.75) is 83.2 Å². The SMILES string of the molecule is COC(=O)[C@]1(C)c2ccoc2C[C@H]2[C@H]1[C@@H](OC(C)=O)[C@H](OC(C)=O)[C@@]13O[C@]1(C)[C@@H](C)CC(=O)[C@]23C. The molecule has 9 atom stereocenters. The summed E-state index contributed by atoms with van der Waals surface area (Å²) in [5.74, 6) is -2.58. The Kier molecular flexibility index (Phi) is 4.93. The molecule has 9 nitrogen and oxygen atoms in total. The van der Waals surface area contributed by atoms with Gasteiger partial charge in [-0.3, -0.25) is 19.2 Å². The van der Waals surface area contributed by atoms with E-state index in [0.29, 0.717) is 17.7 Å². The van der Waals surface area contributed by atoms with E-state index < -0.39 is 64.0 Å². The molecule has 1 spiro atoms. The van der Waals surface area contributed by atoms with Gasteiger partial charge in [-0.05, 0) is 38.7 Å². The molecule has 0 N–H and O–H groups in total. The number of fused-ring (bicyclic) bond motifs is 3. The minimum atomic E-state index is -1.34. The Morgan fingerprint density at radius 3 is 2.31 bits per heavy atom. The number of esters is 3. The number of hydrogen-bond donors (Lipinski definition) is 0. The van der Waals surface area contributed by atoms with Crippen LogP contribution >= 0.6 is 0 Å². The van der Waals surface area contributed by atoms with Gasteiger partial charge in [0.15, 0.2) is 11.7 Å². The first-order valence-electron chi connectivity index (χ1n) is 12.0. The van der Waals surface area contributed by atoms with E-state index in [1.165, 1.54) is 27.2 Å². The Hall–Kier alpha value is -2.68. The van der Waals surface area contributed by atoms with E-state index in [2.05, 4.69) is 0 Å². The molecule has 3 aliphatic carbocycles. The molecule has 0 unspecified atom stereocenters. The van der Waals surface area contributed by atoms with Crippen LogP contribution in [0.4, 0.5) is 0 Å². The zero-order chi connectivity index (χ0) is 25.7. The minimum absolute atomic E-state index is 0.0318. The van der Waals surface area contributed by atoms with Crippen LogP contribution < -0.4 is 0 Å². The van der Waals surface area contributed by atoms with Crippen molar-refractivity contribution < 1.29 is 42.5 Å². The number of furan rings is 1. The van der Waals surface area contributed by atoms with Crippen molar-refractivity contribution >= 4 is 23.7 Å². The van der Waals surface area contributed by atoms with Crippen LogP contribution in [-0.2, 0) is 50.0 Å². The summed E-state index contributed by atoms with van der Waals surface area (Å²) < 4.78 is 29.4. The number of ether oxygens (including phenoxy) is 4. The van der Waals surface area contributed by atoms with E-state index in [-0.39, 0.29) is 18.1 Å². The van der Waals surface area contributed by atoms with Crippen LogP contribution in [0, 0.1) is 23.2 Å². The van der Waals surface area contributed by atoms with Gasteiger partial charge in [-0.1, -0.05) is 6.92 Å². The van der Waals surface area contributed by atoms with Crippen molar-refractivity contribution in [3.05, 3.63) is 23.7 Å². The zero-order valence-electron chi connectivity index (χ0n) is 21.1. The van der Waals surface area contributed by atoms with E-state index in [1.54, 1.807) is 13.0 Å². The highest BCUT2D eigenvalue weighted by Crippen LogP contribution is 2.76. The van der Waals surface area contributed by atoms with Gasteiger partial charge < -0.3 is 23.4 Å². The average Bonchev–Trinajstić information content (AvgIpc) is 3.17. The number of Topliss-reactive ketones (excluding diaryl/α,β-unsaturated/α-hetero) is 1. The zero-order valence-corrected chi connectivity index (χ0v) is 21.1. The van der Waals surface area contributed by atoms with E-state index in [0.717, 1.165) is 0 Å². The highest BCUT2D eigenvalue weighted by atomic mass is 16.7. The van der Waals surface area contributed by atoms with Gasteiger partial charge in [0, 0.05) is 38.2 Å². The third-order valence-corrected chi connectivity index (χ3v) is 9.66. The molecule has 4 aliphatic rings. The summed E-state index contributed by atoms with van der Waals surface area (Å²) in [6, 6.07) is 1.71. The van der Waals surface area contributed by atoms with Gasteiger partial charge in [-0.25, -0.2) is 0 Å². The van der Waals surface area contributed by atoms with Gasteiger partial charge in [-0.15, -0.1) is 0 Å². The van der Waals surface area contributed by atoms with Gasteiger partial charge in [-0.2, -0.15) is 0 Å². The molecular weight excluding hydrogens is 456 g/mol.